The van der Waals surface area contributed by atoms with E-state index >= 15 is 0 Å². The van der Waals surface area contributed by atoms with E-state index in [4.69, 9.17) is 4.74 Å². The highest BCUT2D eigenvalue weighted by atomic mass is 32.1. The Labute approximate surface area is 151 Å². The smallest absolute Gasteiger partial charge is 0.220 e. The first-order chi connectivity index (χ1) is 12.1. The number of aromatic nitrogens is 2. The van der Waals surface area contributed by atoms with Crippen LogP contribution in [0, 0.1) is 12.8 Å². The van der Waals surface area contributed by atoms with Gasteiger partial charge in [0.25, 0.3) is 0 Å². The summed E-state index contributed by atoms with van der Waals surface area (Å²) in [6.07, 6.45) is 4.00. The van der Waals surface area contributed by atoms with Crippen molar-refractivity contribution in [3.8, 4) is 5.88 Å². The number of methoxy groups -OCH3 is 1. The Bertz CT molecular complexity index is 711. The van der Waals surface area contributed by atoms with E-state index in [0.29, 0.717) is 31.6 Å². The maximum atomic E-state index is 12.4. The van der Waals surface area contributed by atoms with Gasteiger partial charge >= 0.3 is 0 Å². The number of thiazole rings is 1. The van der Waals surface area contributed by atoms with Gasteiger partial charge in [-0.1, -0.05) is 6.07 Å². The van der Waals surface area contributed by atoms with Gasteiger partial charge in [0, 0.05) is 23.6 Å². The molecule has 1 amide bonds. The summed E-state index contributed by atoms with van der Waals surface area (Å²) in [6, 6.07) is 3.59. The van der Waals surface area contributed by atoms with Gasteiger partial charge in [-0.3, -0.25) is 4.79 Å². The van der Waals surface area contributed by atoms with Gasteiger partial charge in [-0.15, -0.1) is 11.3 Å². The Morgan fingerprint density at radius 3 is 2.80 bits per heavy atom. The second-order valence-corrected chi connectivity index (χ2v) is 7.36. The molecule has 25 heavy (non-hydrogen) atoms. The van der Waals surface area contributed by atoms with Crippen LogP contribution in [0.4, 0.5) is 0 Å². The summed E-state index contributed by atoms with van der Waals surface area (Å²) in [7, 11) is 1.57. The molecule has 1 fully saturated rings. The minimum absolute atomic E-state index is 0.00927. The monoisotopic (exact) mass is 361 g/mol. The summed E-state index contributed by atoms with van der Waals surface area (Å²) in [5, 5.41) is 12.8. The van der Waals surface area contributed by atoms with E-state index in [1.54, 1.807) is 30.7 Å². The fourth-order valence-electron chi connectivity index (χ4n) is 3.11. The Morgan fingerprint density at radius 1 is 1.44 bits per heavy atom. The highest BCUT2D eigenvalue weighted by Gasteiger charge is 2.35. The second-order valence-electron chi connectivity index (χ2n) is 6.43. The number of carbonyl (C=O) groups is 1. The molecule has 1 saturated carbocycles. The van der Waals surface area contributed by atoms with Crippen molar-refractivity contribution in [1.82, 2.24) is 15.3 Å². The largest absolute Gasteiger partial charge is 0.481 e. The average molecular weight is 361 g/mol. The molecule has 0 spiro atoms. The number of ether oxygens (including phenoxy) is 1. The van der Waals surface area contributed by atoms with Crippen LogP contribution in [0.25, 0.3) is 0 Å². The molecule has 0 radical (unpaired) electrons. The van der Waals surface area contributed by atoms with Crippen LogP contribution in [0.1, 0.15) is 41.4 Å². The van der Waals surface area contributed by atoms with Crippen molar-refractivity contribution in [1.29, 1.82) is 0 Å². The van der Waals surface area contributed by atoms with Crippen molar-refractivity contribution >= 4 is 17.2 Å². The first kappa shape index (κ1) is 17.8. The van der Waals surface area contributed by atoms with Gasteiger partial charge in [-0.25, -0.2) is 9.97 Å². The molecule has 2 aromatic rings. The third-order valence-electron chi connectivity index (χ3n) is 4.69. The fraction of sp³-hybridized carbons (Fsp3) is 0.500. The summed E-state index contributed by atoms with van der Waals surface area (Å²) in [6.45, 7) is 1.96. The molecular formula is C18H23N3O3S. The van der Waals surface area contributed by atoms with E-state index in [0.717, 1.165) is 16.1 Å². The Kier molecular flexibility index (Phi) is 5.65. The summed E-state index contributed by atoms with van der Waals surface area (Å²) in [5.74, 6) is 0.789. The molecule has 0 saturated heterocycles. The zero-order valence-corrected chi connectivity index (χ0v) is 15.3. The highest BCUT2D eigenvalue weighted by Crippen LogP contribution is 2.38. The number of nitrogens with one attached hydrogen (secondary N) is 1. The van der Waals surface area contributed by atoms with E-state index in [9.17, 15) is 9.90 Å². The van der Waals surface area contributed by atoms with Crippen LogP contribution < -0.4 is 10.1 Å². The van der Waals surface area contributed by atoms with E-state index < -0.39 is 0 Å². The number of aliphatic hydroxyl groups excluding tert-OH is 1. The van der Waals surface area contributed by atoms with Crippen LogP contribution in [0.3, 0.4) is 0 Å². The first-order valence-electron chi connectivity index (χ1n) is 8.43. The highest BCUT2D eigenvalue weighted by molar-refractivity contribution is 7.09. The number of pyridine rings is 1. The number of hydrogen-bond donors (Lipinski definition) is 2. The molecule has 0 unspecified atom stereocenters. The molecule has 134 valence electrons. The zero-order chi connectivity index (χ0) is 17.8. The summed E-state index contributed by atoms with van der Waals surface area (Å²) >= 11 is 1.59. The molecule has 2 heterocycles. The van der Waals surface area contributed by atoms with Crippen LogP contribution >= 0.6 is 11.3 Å². The Hall–Kier alpha value is -1.99. The molecular weight excluding hydrogens is 338 g/mol. The van der Waals surface area contributed by atoms with E-state index in [2.05, 4.69) is 15.3 Å². The average Bonchev–Trinajstić information content (AvgIpc) is 3.00. The lowest BCUT2D eigenvalue weighted by atomic mass is 9.75. The van der Waals surface area contributed by atoms with Crippen LogP contribution in [0.15, 0.2) is 23.8 Å². The number of aryl methyl sites for hydroxylation is 2. The maximum Gasteiger partial charge on any atom is 0.220 e. The van der Waals surface area contributed by atoms with Gasteiger partial charge in [0.1, 0.15) is 0 Å². The quantitative estimate of drug-likeness (QED) is 0.791. The number of nitrogens with zero attached hydrogens (tertiary/aromatic N) is 2. The molecule has 0 aromatic carbocycles. The van der Waals surface area contributed by atoms with Crippen molar-refractivity contribution in [3.63, 3.8) is 0 Å². The first-order valence-corrected chi connectivity index (χ1v) is 9.31. The molecule has 2 N–H and O–H groups in total. The van der Waals surface area contributed by atoms with Crippen molar-refractivity contribution in [3.05, 3.63) is 40.0 Å². The SMILES string of the molecule is COc1ccc([C@H](NC(=O)CCc2scnc2C)C2CC(O)C2)cn1. The van der Waals surface area contributed by atoms with Gasteiger partial charge in [-0.05, 0) is 37.7 Å². The summed E-state index contributed by atoms with van der Waals surface area (Å²) in [5.41, 5.74) is 3.75. The lowest BCUT2D eigenvalue weighted by molar-refractivity contribution is -0.123. The molecule has 6 nitrogen and oxygen atoms in total. The zero-order valence-electron chi connectivity index (χ0n) is 14.4. The summed E-state index contributed by atoms with van der Waals surface area (Å²) in [4.78, 5) is 22.1. The van der Waals surface area contributed by atoms with Crippen LogP contribution in [-0.4, -0.2) is 34.2 Å². The van der Waals surface area contributed by atoms with Gasteiger partial charge < -0.3 is 15.2 Å². The fourth-order valence-corrected chi connectivity index (χ4v) is 3.89. The predicted octanol–water partition coefficient (Wildman–Crippen LogP) is 2.42. The van der Waals surface area contributed by atoms with Gasteiger partial charge in [-0.2, -0.15) is 0 Å². The van der Waals surface area contributed by atoms with Crippen molar-refractivity contribution in [2.45, 2.75) is 44.8 Å². The lowest BCUT2D eigenvalue weighted by Gasteiger charge is -2.38. The third kappa shape index (κ3) is 4.35. The Morgan fingerprint density at radius 2 is 2.24 bits per heavy atom. The molecule has 3 rings (SSSR count). The van der Waals surface area contributed by atoms with Gasteiger partial charge in [0.05, 0.1) is 30.5 Å². The van der Waals surface area contributed by atoms with E-state index in [1.807, 2.05) is 18.5 Å². The third-order valence-corrected chi connectivity index (χ3v) is 5.68. The molecule has 1 atom stereocenters. The van der Waals surface area contributed by atoms with Gasteiger partial charge in [0.2, 0.25) is 11.8 Å². The maximum absolute atomic E-state index is 12.4. The molecule has 0 aliphatic heterocycles. The molecule has 7 heteroatoms. The lowest BCUT2D eigenvalue weighted by Crippen LogP contribution is -2.41. The molecule has 0 bridgehead atoms. The number of amides is 1. The molecule has 1 aliphatic carbocycles. The number of hydrogen-bond acceptors (Lipinski definition) is 6. The van der Waals surface area contributed by atoms with Crippen LogP contribution in [0.5, 0.6) is 5.88 Å². The van der Waals surface area contributed by atoms with Crippen LogP contribution in [-0.2, 0) is 11.2 Å². The number of carbonyl (C=O) groups excluding carboxylic acids is 1. The van der Waals surface area contributed by atoms with Crippen molar-refractivity contribution in [2.24, 2.45) is 5.92 Å². The topological polar surface area (TPSA) is 84.3 Å². The summed E-state index contributed by atoms with van der Waals surface area (Å²) < 4.78 is 5.10. The van der Waals surface area contributed by atoms with E-state index in [-0.39, 0.29) is 24.0 Å². The van der Waals surface area contributed by atoms with Crippen molar-refractivity contribution < 1.29 is 14.6 Å². The minimum atomic E-state index is -0.268. The Balaban J connectivity index is 1.64. The molecule has 1 aliphatic rings. The second kappa shape index (κ2) is 7.93. The number of aliphatic hydroxyl groups is 1. The standard InChI is InChI=1S/C18H23N3O3S/c1-11-15(25-10-20-11)4-5-16(23)21-18(13-7-14(22)8-13)12-3-6-17(24-2)19-9-12/h3,6,9-10,13-14,18,22H,4-5,7-8H2,1-2H3,(H,21,23)/t13?,14?,18-/m0/s1. The van der Waals surface area contributed by atoms with Gasteiger partial charge in [0.15, 0.2) is 0 Å². The van der Waals surface area contributed by atoms with Crippen LogP contribution in [0.2, 0.25) is 0 Å². The van der Waals surface area contributed by atoms with Crippen molar-refractivity contribution in [2.75, 3.05) is 7.11 Å². The van der Waals surface area contributed by atoms with E-state index in [1.165, 1.54) is 0 Å². The molecule has 2 aromatic heterocycles. The minimum Gasteiger partial charge on any atom is -0.481 e. The normalized spacial score (nSPS) is 20.6. The predicted molar refractivity (Wildman–Crippen MR) is 95.6 cm³/mol. The number of rotatable bonds is 7.